The molecular formula is C12H22N2O4. The normalized spacial score (nSPS) is 21.3. The van der Waals surface area contributed by atoms with Gasteiger partial charge in [0.15, 0.2) is 0 Å². The molecule has 6 heteroatoms. The van der Waals surface area contributed by atoms with Gasteiger partial charge >= 0.3 is 5.97 Å². The summed E-state index contributed by atoms with van der Waals surface area (Å²) >= 11 is 0. The Morgan fingerprint density at radius 2 is 2.28 bits per heavy atom. The summed E-state index contributed by atoms with van der Waals surface area (Å²) in [6.45, 7) is 4.35. The Labute approximate surface area is 107 Å². The summed E-state index contributed by atoms with van der Waals surface area (Å²) in [5.74, 6) is -0.508. The molecule has 0 aromatic heterocycles. The van der Waals surface area contributed by atoms with Crippen molar-refractivity contribution in [3.8, 4) is 0 Å². The number of carbonyl (C=O) groups is 2. The SMILES string of the molecule is CC(CCNC(=O)C1COCCN1)CCC(=O)O. The minimum Gasteiger partial charge on any atom is -0.481 e. The first-order valence-electron chi connectivity index (χ1n) is 6.40. The van der Waals surface area contributed by atoms with Crippen LogP contribution in [0.25, 0.3) is 0 Å². The van der Waals surface area contributed by atoms with E-state index in [2.05, 4.69) is 10.6 Å². The zero-order valence-corrected chi connectivity index (χ0v) is 10.8. The van der Waals surface area contributed by atoms with E-state index in [1.165, 1.54) is 0 Å². The number of carboxylic acid groups (broad SMARTS) is 1. The molecule has 1 fully saturated rings. The highest BCUT2D eigenvalue weighted by Crippen LogP contribution is 2.09. The van der Waals surface area contributed by atoms with Crippen LogP contribution in [-0.2, 0) is 14.3 Å². The molecule has 0 aromatic carbocycles. The number of morpholine rings is 1. The van der Waals surface area contributed by atoms with E-state index in [1.807, 2.05) is 6.92 Å². The van der Waals surface area contributed by atoms with E-state index in [9.17, 15) is 9.59 Å². The lowest BCUT2D eigenvalue weighted by Gasteiger charge is -2.23. The Morgan fingerprint density at radius 3 is 2.89 bits per heavy atom. The van der Waals surface area contributed by atoms with Gasteiger partial charge in [-0.2, -0.15) is 0 Å². The molecule has 2 unspecified atom stereocenters. The molecule has 1 saturated heterocycles. The molecule has 1 amide bonds. The first kappa shape index (κ1) is 14.9. The average Bonchev–Trinajstić information content (AvgIpc) is 2.37. The summed E-state index contributed by atoms with van der Waals surface area (Å²) in [7, 11) is 0. The van der Waals surface area contributed by atoms with Crippen molar-refractivity contribution in [3.05, 3.63) is 0 Å². The molecule has 0 bridgehead atoms. The molecule has 0 spiro atoms. The standard InChI is InChI=1S/C12H22N2O4/c1-9(2-3-11(15)16)4-5-14-12(17)10-8-18-7-6-13-10/h9-10,13H,2-8H2,1H3,(H,14,17)(H,15,16). The van der Waals surface area contributed by atoms with Crippen LogP contribution in [0, 0.1) is 5.92 Å². The van der Waals surface area contributed by atoms with Crippen LogP contribution in [0.4, 0.5) is 0 Å². The van der Waals surface area contributed by atoms with Gasteiger partial charge in [0, 0.05) is 19.5 Å². The Kier molecular flexibility index (Phi) is 6.67. The van der Waals surface area contributed by atoms with Crippen molar-refractivity contribution in [1.29, 1.82) is 0 Å². The smallest absolute Gasteiger partial charge is 0.303 e. The first-order chi connectivity index (χ1) is 8.59. The number of nitrogens with one attached hydrogen (secondary N) is 2. The molecular weight excluding hydrogens is 236 g/mol. The van der Waals surface area contributed by atoms with Gasteiger partial charge in [0.2, 0.25) is 5.91 Å². The lowest BCUT2D eigenvalue weighted by molar-refractivity contribution is -0.137. The van der Waals surface area contributed by atoms with E-state index in [0.717, 1.165) is 6.42 Å². The van der Waals surface area contributed by atoms with Gasteiger partial charge in [-0.25, -0.2) is 0 Å². The molecule has 1 aliphatic rings. The zero-order chi connectivity index (χ0) is 13.4. The van der Waals surface area contributed by atoms with Gasteiger partial charge in [-0.3, -0.25) is 9.59 Å². The number of aliphatic carboxylic acids is 1. The summed E-state index contributed by atoms with van der Waals surface area (Å²) in [6, 6.07) is -0.256. The lowest BCUT2D eigenvalue weighted by atomic mass is 10.0. The molecule has 0 aromatic rings. The maximum absolute atomic E-state index is 11.7. The summed E-state index contributed by atoms with van der Waals surface area (Å²) in [5.41, 5.74) is 0. The maximum atomic E-state index is 11.7. The number of carbonyl (C=O) groups excluding carboxylic acids is 1. The van der Waals surface area contributed by atoms with Crippen LogP contribution in [0.5, 0.6) is 0 Å². The van der Waals surface area contributed by atoms with Crippen molar-refractivity contribution in [1.82, 2.24) is 10.6 Å². The fourth-order valence-corrected chi connectivity index (χ4v) is 1.81. The van der Waals surface area contributed by atoms with Crippen LogP contribution in [0.15, 0.2) is 0 Å². The molecule has 6 nitrogen and oxygen atoms in total. The molecule has 3 N–H and O–H groups in total. The lowest BCUT2D eigenvalue weighted by Crippen LogP contribution is -2.51. The predicted octanol–water partition coefficient (Wildman–Crippen LogP) is -0.0180. The maximum Gasteiger partial charge on any atom is 0.303 e. The third-order valence-electron chi connectivity index (χ3n) is 3.03. The van der Waals surface area contributed by atoms with Gasteiger partial charge in [-0.1, -0.05) is 6.92 Å². The van der Waals surface area contributed by atoms with Gasteiger partial charge in [0.05, 0.1) is 13.2 Å². The number of amides is 1. The molecule has 1 rings (SSSR count). The Bertz CT molecular complexity index is 277. The third-order valence-corrected chi connectivity index (χ3v) is 3.03. The quantitative estimate of drug-likeness (QED) is 0.597. The second-order valence-corrected chi connectivity index (χ2v) is 4.70. The van der Waals surface area contributed by atoms with Gasteiger partial charge in [-0.05, 0) is 18.8 Å². The number of hydrogen-bond acceptors (Lipinski definition) is 4. The van der Waals surface area contributed by atoms with Gasteiger partial charge in [0.25, 0.3) is 0 Å². The van der Waals surface area contributed by atoms with Gasteiger partial charge < -0.3 is 20.5 Å². The summed E-state index contributed by atoms with van der Waals surface area (Å²) in [4.78, 5) is 22.1. The first-order valence-corrected chi connectivity index (χ1v) is 6.40. The van der Waals surface area contributed by atoms with Crippen LogP contribution >= 0.6 is 0 Å². The van der Waals surface area contributed by atoms with E-state index in [0.29, 0.717) is 38.6 Å². The van der Waals surface area contributed by atoms with E-state index < -0.39 is 5.97 Å². The summed E-state index contributed by atoms with van der Waals surface area (Å²) < 4.78 is 5.21. The van der Waals surface area contributed by atoms with Crippen LogP contribution in [-0.4, -0.2) is 49.3 Å². The highest BCUT2D eigenvalue weighted by Gasteiger charge is 2.20. The molecule has 0 radical (unpaired) electrons. The second-order valence-electron chi connectivity index (χ2n) is 4.70. The van der Waals surface area contributed by atoms with Crippen LogP contribution in [0.1, 0.15) is 26.2 Å². The number of hydrogen-bond donors (Lipinski definition) is 3. The Balaban J connectivity index is 2.08. The molecule has 0 aliphatic carbocycles. The van der Waals surface area contributed by atoms with Crippen molar-refractivity contribution in [3.63, 3.8) is 0 Å². The van der Waals surface area contributed by atoms with Crippen molar-refractivity contribution in [2.24, 2.45) is 5.92 Å². The molecule has 0 saturated carbocycles. The van der Waals surface area contributed by atoms with Gasteiger partial charge in [0.1, 0.15) is 6.04 Å². The number of ether oxygens (including phenoxy) is 1. The predicted molar refractivity (Wildman–Crippen MR) is 66.3 cm³/mol. The molecule has 1 heterocycles. The monoisotopic (exact) mass is 258 g/mol. The van der Waals surface area contributed by atoms with Crippen molar-refractivity contribution < 1.29 is 19.4 Å². The molecule has 1 aliphatic heterocycles. The topological polar surface area (TPSA) is 87.7 Å². The summed E-state index contributed by atoms with van der Waals surface area (Å²) in [5, 5.41) is 14.5. The highest BCUT2D eigenvalue weighted by atomic mass is 16.5. The fraction of sp³-hybridized carbons (Fsp3) is 0.833. The minimum absolute atomic E-state index is 0.0415. The molecule has 18 heavy (non-hydrogen) atoms. The van der Waals surface area contributed by atoms with Crippen LogP contribution in [0.2, 0.25) is 0 Å². The number of rotatable bonds is 7. The average molecular weight is 258 g/mol. The van der Waals surface area contributed by atoms with E-state index in [4.69, 9.17) is 9.84 Å². The van der Waals surface area contributed by atoms with Crippen molar-refractivity contribution in [2.75, 3.05) is 26.3 Å². The molecule has 104 valence electrons. The number of carboxylic acids is 1. The Hall–Kier alpha value is -1.14. The Morgan fingerprint density at radius 1 is 1.50 bits per heavy atom. The second kappa shape index (κ2) is 8.05. The largest absolute Gasteiger partial charge is 0.481 e. The van der Waals surface area contributed by atoms with Crippen LogP contribution < -0.4 is 10.6 Å². The van der Waals surface area contributed by atoms with Crippen molar-refractivity contribution in [2.45, 2.75) is 32.2 Å². The van der Waals surface area contributed by atoms with E-state index in [-0.39, 0.29) is 18.4 Å². The highest BCUT2D eigenvalue weighted by molar-refractivity contribution is 5.81. The fourth-order valence-electron chi connectivity index (χ4n) is 1.81. The van der Waals surface area contributed by atoms with E-state index >= 15 is 0 Å². The zero-order valence-electron chi connectivity index (χ0n) is 10.8. The van der Waals surface area contributed by atoms with E-state index in [1.54, 1.807) is 0 Å². The van der Waals surface area contributed by atoms with Gasteiger partial charge in [-0.15, -0.1) is 0 Å². The van der Waals surface area contributed by atoms with Crippen molar-refractivity contribution >= 4 is 11.9 Å². The summed E-state index contributed by atoms with van der Waals surface area (Å²) in [6.07, 6.45) is 1.63. The third kappa shape index (κ3) is 5.97. The molecule has 2 atom stereocenters. The minimum atomic E-state index is -0.769. The van der Waals surface area contributed by atoms with Crippen LogP contribution in [0.3, 0.4) is 0 Å².